The summed E-state index contributed by atoms with van der Waals surface area (Å²) in [6.45, 7) is 2.44. The molecule has 0 unspecified atom stereocenters. The van der Waals surface area contributed by atoms with E-state index in [-0.39, 0.29) is 11.8 Å². The molecular formula is C15H16N2O3. The molecule has 0 radical (unpaired) electrons. The van der Waals surface area contributed by atoms with Crippen molar-refractivity contribution in [1.29, 1.82) is 0 Å². The number of likely N-dealkylation sites (N-methyl/N-ethyl adjacent to an activating group) is 1. The van der Waals surface area contributed by atoms with Crippen molar-refractivity contribution in [2.75, 3.05) is 33.4 Å². The van der Waals surface area contributed by atoms with Gasteiger partial charge in [0.25, 0.3) is 11.8 Å². The van der Waals surface area contributed by atoms with Crippen molar-refractivity contribution in [3.63, 3.8) is 0 Å². The van der Waals surface area contributed by atoms with Crippen LogP contribution in [0.25, 0.3) is 5.57 Å². The number of morpholine rings is 1. The van der Waals surface area contributed by atoms with Crippen molar-refractivity contribution >= 4 is 17.4 Å². The van der Waals surface area contributed by atoms with E-state index in [0.717, 1.165) is 5.56 Å². The van der Waals surface area contributed by atoms with Crippen LogP contribution in [0.5, 0.6) is 0 Å². The number of rotatable bonds is 2. The molecule has 3 rings (SSSR count). The Morgan fingerprint density at radius 2 is 1.65 bits per heavy atom. The molecule has 2 heterocycles. The Balaban J connectivity index is 2.09. The smallest absolute Gasteiger partial charge is 0.277 e. The molecular weight excluding hydrogens is 256 g/mol. The molecule has 1 fully saturated rings. The van der Waals surface area contributed by atoms with Crippen LogP contribution in [0.15, 0.2) is 36.0 Å². The standard InChI is InChI=1S/C15H16N2O3/c1-16-14(18)12(11-5-3-2-4-6-11)13(15(16)19)17-7-9-20-10-8-17/h2-6H,7-10H2,1H3. The van der Waals surface area contributed by atoms with E-state index in [1.54, 1.807) is 0 Å². The van der Waals surface area contributed by atoms with Gasteiger partial charge in [-0.3, -0.25) is 14.5 Å². The fourth-order valence-electron chi connectivity index (χ4n) is 2.57. The largest absolute Gasteiger partial charge is 0.378 e. The molecule has 0 bridgehead atoms. The van der Waals surface area contributed by atoms with Crippen molar-refractivity contribution in [2.45, 2.75) is 0 Å². The molecule has 2 aliphatic rings. The number of carbonyl (C=O) groups is 2. The highest BCUT2D eigenvalue weighted by atomic mass is 16.5. The quantitative estimate of drug-likeness (QED) is 0.745. The minimum Gasteiger partial charge on any atom is -0.378 e. The maximum atomic E-state index is 12.4. The Bertz CT molecular complexity index is 574. The average Bonchev–Trinajstić information content (AvgIpc) is 2.73. The number of nitrogens with zero attached hydrogens (tertiary/aromatic N) is 2. The molecule has 2 aliphatic heterocycles. The molecule has 104 valence electrons. The van der Waals surface area contributed by atoms with Crippen LogP contribution in [0, 0.1) is 0 Å². The number of amides is 2. The number of benzene rings is 1. The number of ether oxygens (including phenoxy) is 1. The summed E-state index contributed by atoms with van der Waals surface area (Å²) in [5, 5.41) is 0. The lowest BCUT2D eigenvalue weighted by atomic mass is 10.0. The monoisotopic (exact) mass is 272 g/mol. The van der Waals surface area contributed by atoms with E-state index in [1.165, 1.54) is 11.9 Å². The van der Waals surface area contributed by atoms with Crippen LogP contribution < -0.4 is 0 Å². The van der Waals surface area contributed by atoms with Gasteiger partial charge in [-0.25, -0.2) is 0 Å². The fraction of sp³-hybridized carbons (Fsp3) is 0.333. The zero-order chi connectivity index (χ0) is 14.1. The van der Waals surface area contributed by atoms with Crippen molar-refractivity contribution in [3.8, 4) is 0 Å². The number of carbonyl (C=O) groups excluding carboxylic acids is 2. The Labute approximate surface area is 117 Å². The fourth-order valence-corrected chi connectivity index (χ4v) is 2.57. The lowest BCUT2D eigenvalue weighted by Gasteiger charge is -2.29. The Hall–Kier alpha value is -2.14. The minimum atomic E-state index is -0.234. The molecule has 1 saturated heterocycles. The molecule has 1 aromatic carbocycles. The average molecular weight is 272 g/mol. The van der Waals surface area contributed by atoms with Crippen LogP contribution >= 0.6 is 0 Å². The molecule has 0 aromatic heterocycles. The van der Waals surface area contributed by atoms with Crippen molar-refractivity contribution < 1.29 is 14.3 Å². The van der Waals surface area contributed by atoms with Gasteiger partial charge >= 0.3 is 0 Å². The highest BCUT2D eigenvalue weighted by molar-refractivity contribution is 6.35. The second-order valence-electron chi connectivity index (χ2n) is 4.86. The van der Waals surface area contributed by atoms with Crippen LogP contribution in [0.2, 0.25) is 0 Å². The summed E-state index contributed by atoms with van der Waals surface area (Å²) < 4.78 is 5.32. The first-order chi connectivity index (χ1) is 9.70. The van der Waals surface area contributed by atoms with Gasteiger partial charge in [-0.05, 0) is 5.56 Å². The van der Waals surface area contributed by atoms with Gasteiger partial charge in [-0.1, -0.05) is 30.3 Å². The SMILES string of the molecule is CN1C(=O)C(c2ccccc2)=C(N2CCOCC2)C1=O. The van der Waals surface area contributed by atoms with Crippen molar-refractivity contribution in [3.05, 3.63) is 41.6 Å². The highest BCUT2D eigenvalue weighted by Gasteiger charge is 2.39. The molecule has 20 heavy (non-hydrogen) atoms. The summed E-state index contributed by atoms with van der Waals surface area (Å²) in [5.41, 5.74) is 1.80. The second-order valence-corrected chi connectivity index (χ2v) is 4.86. The Morgan fingerprint density at radius 1 is 1.00 bits per heavy atom. The zero-order valence-corrected chi connectivity index (χ0v) is 11.3. The topological polar surface area (TPSA) is 49.9 Å². The highest BCUT2D eigenvalue weighted by Crippen LogP contribution is 2.30. The Morgan fingerprint density at radius 3 is 2.30 bits per heavy atom. The molecule has 0 N–H and O–H groups in total. The molecule has 0 aliphatic carbocycles. The summed E-state index contributed by atoms with van der Waals surface area (Å²) >= 11 is 0. The maximum Gasteiger partial charge on any atom is 0.277 e. The van der Waals surface area contributed by atoms with Crippen molar-refractivity contribution in [2.24, 2.45) is 0 Å². The van der Waals surface area contributed by atoms with E-state index >= 15 is 0 Å². The lowest BCUT2D eigenvalue weighted by molar-refractivity contribution is -0.136. The van der Waals surface area contributed by atoms with Gasteiger partial charge < -0.3 is 9.64 Å². The summed E-state index contributed by atoms with van der Waals surface area (Å²) in [6, 6.07) is 9.36. The van der Waals surface area contributed by atoms with E-state index in [9.17, 15) is 9.59 Å². The number of hydrogen-bond donors (Lipinski definition) is 0. The first-order valence-electron chi connectivity index (χ1n) is 6.65. The van der Waals surface area contributed by atoms with E-state index in [1.807, 2.05) is 35.2 Å². The molecule has 1 aromatic rings. The van der Waals surface area contributed by atoms with Crippen LogP contribution in [0.4, 0.5) is 0 Å². The lowest BCUT2D eigenvalue weighted by Crippen LogP contribution is -2.39. The molecule has 0 spiro atoms. The van der Waals surface area contributed by atoms with Crippen molar-refractivity contribution in [1.82, 2.24) is 9.80 Å². The van der Waals surface area contributed by atoms with E-state index in [2.05, 4.69) is 0 Å². The molecule has 5 heteroatoms. The van der Waals surface area contributed by atoms with Crippen LogP contribution in [0.1, 0.15) is 5.56 Å². The van der Waals surface area contributed by atoms with Crippen LogP contribution in [-0.4, -0.2) is 55.0 Å². The van der Waals surface area contributed by atoms with Gasteiger partial charge in [0.2, 0.25) is 0 Å². The molecule has 0 saturated carbocycles. The number of imide groups is 1. The van der Waals surface area contributed by atoms with Gasteiger partial charge in [0.15, 0.2) is 0 Å². The van der Waals surface area contributed by atoms with Gasteiger partial charge in [-0.2, -0.15) is 0 Å². The van der Waals surface area contributed by atoms with Crippen LogP contribution in [0.3, 0.4) is 0 Å². The summed E-state index contributed by atoms with van der Waals surface area (Å²) in [4.78, 5) is 27.9. The van der Waals surface area contributed by atoms with Gasteiger partial charge in [-0.15, -0.1) is 0 Å². The first-order valence-corrected chi connectivity index (χ1v) is 6.65. The summed E-state index contributed by atoms with van der Waals surface area (Å²) in [5.74, 6) is -0.460. The normalized spacial score (nSPS) is 20.1. The predicted octanol–water partition coefficient (Wildman–Crippen LogP) is 0.728. The van der Waals surface area contributed by atoms with Crippen LogP contribution in [-0.2, 0) is 14.3 Å². The minimum absolute atomic E-state index is 0.226. The Kier molecular flexibility index (Phi) is 3.28. The third kappa shape index (κ3) is 2.00. The summed E-state index contributed by atoms with van der Waals surface area (Å²) in [6.07, 6.45) is 0. The van der Waals surface area contributed by atoms with Gasteiger partial charge in [0.1, 0.15) is 5.70 Å². The zero-order valence-electron chi connectivity index (χ0n) is 11.3. The van der Waals surface area contributed by atoms with E-state index < -0.39 is 0 Å². The molecule has 5 nitrogen and oxygen atoms in total. The van der Waals surface area contributed by atoms with E-state index in [4.69, 9.17) is 4.74 Å². The van der Waals surface area contributed by atoms with E-state index in [0.29, 0.717) is 37.6 Å². The maximum absolute atomic E-state index is 12.4. The third-order valence-corrected chi connectivity index (χ3v) is 3.65. The third-order valence-electron chi connectivity index (χ3n) is 3.65. The number of hydrogen-bond acceptors (Lipinski definition) is 4. The predicted molar refractivity (Wildman–Crippen MR) is 73.5 cm³/mol. The van der Waals surface area contributed by atoms with Gasteiger partial charge in [0, 0.05) is 20.1 Å². The molecule has 0 atom stereocenters. The summed E-state index contributed by atoms with van der Waals surface area (Å²) in [7, 11) is 1.53. The second kappa shape index (κ2) is 5.09. The first kappa shape index (κ1) is 12.9. The van der Waals surface area contributed by atoms with Gasteiger partial charge in [0.05, 0.1) is 18.8 Å². The molecule has 2 amide bonds.